The van der Waals surface area contributed by atoms with Gasteiger partial charge in [0.2, 0.25) is 0 Å². The molecule has 4 aromatic rings. The first kappa shape index (κ1) is 20.4. The summed E-state index contributed by atoms with van der Waals surface area (Å²) < 4.78 is 1.89. The number of aromatic nitrogens is 3. The topological polar surface area (TPSA) is 75.4 Å². The molecular weight excluding hydrogens is 444 g/mol. The summed E-state index contributed by atoms with van der Waals surface area (Å²) in [7, 11) is 0. The van der Waals surface area contributed by atoms with E-state index in [4.69, 9.17) is 16.7 Å². The Morgan fingerprint density at radius 1 is 1.00 bits per heavy atom. The van der Waals surface area contributed by atoms with E-state index in [0.29, 0.717) is 28.2 Å². The largest absolute Gasteiger partial charge is 0.349 e. The van der Waals surface area contributed by atoms with Crippen molar-refractivity contribution in [3.8, 4) is 5.00 Å². The van der Waals surface area contributed by atoms with Crippen LogP contribution in [0.15, 0.2) is 59.7 Å². The highest BCUT2D eigenvalue weighted by Crippen LogP contribution is 2.38. The molecule has 2 amide bonds. The average molecular weight is 463 g/mol. The van der Waals surface area contributed by atoms with E-state index in [1.54, 1.807) is 11.3 Å². The first-order valence-corrected chi connectivity index (χ1v) is 11.2. The number of aryl methyl sites for hydroxylation is 2. The van der Waals surface area contributed by atoms with Gasteiger partial charge in [-0.25, -0.2) is 4.79 Å². The van der Waals surface area contributed by atoms with Crippen LogP contribution in [0.4, 0.5) is 16.4 Å². The number of fused-ring (bicyclic) bond motifs is 3. The molecule has 0 fully saturated rings. The summed E-state index contributed by atoms with van der Waals surface area (Å²) in [6.45, 7) is 6.01. The van der Waals surface area contributed by atoms with Crippen molar-refractivity contribution in [3.63, 3.8) is 0 Å². The number of nitrogens with one attached hydrogen (secondary N) is 1. The summed E-state index contributed by atoms with van der Waals surface area (Å²) >= 11 is 7.76. The lowest BCUT2D eigenvalue weighted by atomic mass is 10.00. The van der Waals surface area contributed by atoms with Gasteiger partial charge < -0.3 is 5.32 Å². The summed E-state index contributed by atoms with van der Waals surface area (Å²) in [5.41, 5.74) is 4.24. The summed E-state index contributed by atoms with van der Waals surface area (Å²) in [5, 5.41) is 19.1. The molecular formula is C23H19ClN6OS. The van der Waals surface area contributed by atoms with E-state index in [2.05, 4.69) is 29.4 Å². The standard InChI is InChI=1S/C23H19ClN6OS/c1-13-14(2)32-21-19(13)20(16-9-11-17(24)12-10-16)28-30(22-27-26-15(3)29(21)22)23(31)25-18-7-5-4-6-8-18/h4-12H,1-3H3,(H,25,31). The molecule has 2 aromatic carbocycles. The number of amides is 2. The Balaban J connectivity index is 1.73. The van der Waals surface area contributed by atoms with Crippen molar-refractivity contribution in [2.24, 2.45) is 5.10 Å². The lowest BCUT2D eigenvalue weighted by molar-refractivity contribution is 0.257. The van der Waals surface area contributed by atoms with Gasteiger partial charge in [0.05, 0.1) is 0 Å². The molecule has 0 atom stereocenters. The van der Waals surface area contributed by atoms with Crippen LogP contribution >= 0.6 is 22.9 Å². The number of anilines is 2. The number of hydrogen-bond acceptors (Lipinski definition) is 5. The predicted octanol–water partition coefficient (Wildman–Crippen LogP) is 5.71. The van der Waals surface area contributed by atoms with Gasteiger partial charge >= 0.3 is 6.03 Å². The van der Waals surface area contributed by atoms with Crippen molar-refractivity contribution in [2.75, 3.05) is 10.3 Å². The molecule has 3 heterocycles. The molecule has 2 aromatic heterocycles. The second-order valence-electron chi connectivity index (χ2n) is 7.41. The lowest BCUT2D eigenvalue weighted by Crippen LogP contribution is -2.33. The zero-order valence-electron chi connectivity index (χ0n) is 17.6. The van der Waals surface area contributed by atoms with Crippen LogP contribution < -0.4 is 10.3 Å². The zero-order valence-corrected chi connectivity index (χ0v) is 19.2. The number of para-hydroxylation sites is 1. The van der Waals surface area contributed by atoms with Crippen LogP contribution in [0.5, 0.6) is 0 Å². The van der Waals surface area contributed by atoms with Crippen LogP contribution in [0.25, 0.3) is 5.00 Å². The molecule has 160 valence electrons. The van der Waals surface area contributed by atoms with Crippen LogP contribution in [-0.4, -0.2) is 26.5 Å². The third-order valence-corrected chi connectivity index (χ3v) is 6.78. The number of benzene rings is 2. The van der Waals surface area contributed by atoms with E-state index >= 15 is 0 Å². The van der Waals surface area contributed by atoms with Gasteiger partial charge in [0.25, 0.3) is 5.95 Å². The first-order chi connectivity index (χ1) is 15.4. The van der Waals surface area contributed by atoms with E-state index in [1.807, 2.05) is 66.1 Å². The summed E-state index contributed by atoms with van der Waals surface area (Å²) in [6.07, 6.45) is 0. The van der Waals surface area contributed by atoms with Crippen LogP contribution in [0.3, 0.4) is 0 Å². The number of urea groups is 1. The van der Waals surface area contributed by atoms with Crippen molar-refractivity contribution < 1.29 is 4.79 Å². The van der Waals surface area contributed by atoms with Gasteiger partial charge in [0.15, 0.2) is 0 Å². The number of hydrazone groups is 1. The third-order valence-electron chi connectivity index (χ3n) is 5.34. The molecule has 5 rings (SSSR count). The minimum absolute atomic E-state index is 0.336. The van der Waals surface area contributed by atoms with Crippen molar-refractivity contribution in [1.29, 1.82) is 0 Å². The molecule has 32 heavy (non-hydrogen) atoms. The van der Waals surface area contributed by atoms with Crippen LogP contribution in [0.2, 0.25) is 5.02 Å². The lowest BCUT2D eigenvalue weighted by Gasteiger charge is -2.17. The Morgan fingerprint density at radius 3 is 2.44 bits per heavy atom. The number of hydrogen-bond donors (Lipinski definition) is 1. The summed E-state index contributed by atoms with van der Waals surface area (Å²) in [6, 6.07) is 16.3. The fraction of sp³-hybridized carbons (Fsp3) is 0.130. The minimum Gasteiger partial charge on any atom is -0.306 e. The van der Waals surface area contributed by atoms with Crippen molar-refractivity contribution in [1.82, 2.24) is 14.8 Å². The number of carbonyl (C=O) groups excluding carboxylic acids is 1. The van der Waals surface area contributed by atoms with Crippen LogP contribution in [0.1, 0.15) is 27.4 Å². The third kappa shape index (κ3) is 3.37. The van der Waals surface area contributed by atoms with E-state index in [0.717, 1.165) is 26.6 Å². The molecule has 0 saturated heterocycles. The molecule has 1 aliphatic heterocycles. The highest BCUT2D eigenvalue weighted by molar-refractivity contribution is 7.15. The Hall–Kier alpha value is -3.49. The average Bonchev–Trinajstić information content (AvgIpc) is 3.25. The van der Waals surface area contributed by atoms with Crippen molar-refractivity contribution in [3.05, 3.63) is 87.0 Å². The maximum absolute atomic E-state index is 13.4. The quantitative estimate of drug-likeness (QED) is 0.414. The van der Waals surface area contributed by atoms with E-state index < -0.39 is 6.03 Å². The maximum Gasteiger partial charge on any atom is 0.349 e. The Kier molecular flexibility index (Phi) is 5.03. The van der Waals surface area contributed by atoms with Crippen molar-refractivity contribution >= 4 is 46.3 Å². The van der Waals surface area contributed by atoms with E-state index in [9.17, 15) is 4.79 Å². The van der Waals surface area contributed by atoms with Gasteiger partial charge in [-0.15, -0.1) is 26.5 Å². The molecule has 0 radical (unpaired) electrons. The number of nitrogens with zero attached hydrogens (tertiary/aromatic N) is 5. The van der Waals surface area contributed by atoms with Gasteiger partial charge in [0.1, 0.15) is 16.5 Å². The minimum atomic E-state index is -0.430. The second-order valence-corrected chi connectivity index (χ2v) is 9.05. The van der Waals surface area contributed by atoms with Crippen LogP contribution in [0, 0.1) is 20.8 Å². The normalized spacial score (nSPS) is 12.6. The summed E-state index contributed by atoms with van der Waals surface area (Å²) in [4.78, 5) is 14.5. The predicted molar refractivity (Wildman–Crippen MR) is 128 cm³/mol. The number of thiophene rings is 1. The SMILES string of the molecule is Cc1sc2c(c1C)C(c1ccc(Cl)cc1)=NN(C(=O)Nc1ccccc1)c1nnc(C)n1-2. The number of halogens is 1. The smallest absolute Gasteiger partial charge is 0.306 e. The van der Waals surface area contributed by atoms with Gasteiger partial charge in [-0.1, -0.05) is 41.9 Å². The summed E-state index contributed by atoms with van der Waals surface area (Å²) in [5.74, 6) is 1.01. The van der Waals surface area contributed by atoms with Gasteiger partial charge in [-0.2, -0.15) is 5.10 Å². The van der Waals surface area contributed by atoms with Crippen molar-refractivity contribution in [2.45, 2.75) is 20.8 Å². The Labute approximate surface area is 194 Å². The Bertz CT molecular complexity index is 1360. The van der Waals surface area contributed by atoms with E-state index in [1.165, 1.54) is 5.01 Å². The highest BCUT2D eigenvalue weighted by Gasteiger charge is 2.33. The fourth-order valence-corrected chi connectivity index (χ4v) is 4.94. The molecule has 0 aliphatic carbocycles. The molecule has 0 saturated carbocycles. The molecule has 0 bridgehead atoms. The molecule has 0 spiro atoms. The highest BCUT2D eigenvalue weighted by atomic mass is 35.5. The number of rotatable bonds is 2. The van der Waals surface area contributed by atoms with Gasteiger partial charge in [0, 0.05) is 26.7 Å². The van der Waals surface area contributed by atoms with Gasteiger partial charge in [-0.05, 0) is 50.6 Å². The number of carbonyl (C=O) groups is 1. The van der Waals surface area contributed by atoms with E-state index in [-0.39, 0.29) is 0 Å². The fourth-order valence-electron chi connectivity index (χ4n) is 3.61. The molecule has 0 unspecified atom stereocenters. The molecule has 1 aliphatic rings. The van der Waals surface area contributed by atoms with Crippen LogP contribution in [-0.2, 0) is 0 Å². The molecule has 7 nitrogen and oxygen atoms in total. The van der Waals surface area contributed by atoms with Gasteiger partial charge in [-0.3, -0.25) is 4.57 Å². The monoisotopic (exact) mass is 462 g/mol. The Morgan fingerprint density at radius 2 is 1.72 bits per heavy atom. The first-order valence-electron chi connectivity index (χ1n) is 9.97. The zero-order chi connectivity index (χ0) is 22.4. The second kappa shape index (κ2) is 7.89. The molecule has 9 heteroatoms. The maximum atomic E-state index is 13.4. The molecule has 1 N–H and O–H groups in total.